The summed E-state index contributed by atoms with van der Waals surface area (Å²) in [5, 5.41) is 2.37. The van der Waals surface area contributed by atoms with Gasteiger partial charge in [-0.2, -0.15) is 0 Å². The van der Waals surface area contributed by atoms with Crippen molar-refractivity contribution in [3.05, 3.63) is 66.4 Å². The van der Waals surface area contributed by atoms with Crippen LogP contribution in [-0.4, -0.2) is 56.0 Å². The van der Waals surface area contributed by atoms with Crippen LogP contribution in [0.15, 0.2) is 60.7 Å². The smallest absolute Gasteiger partial charge is 0.410 e. The molecule has 2 aliphatic rings. The van der Waals surface area contributed by atoms with E-state index in [2.05, 4.69) is 10.2 Å². The maximum absolute atomic E-state index is 13.7. The van der Waals surface area contributed by atoms with Gasteiger partial charge in [0.05, 0.1) is 24.2 Å². The van der Waals surface area contributed by atoms with Gasteiger partial charge in [-0.15, -0.1) is 0 Å². The topological polar surface area (TPSA) is 111 Å². The normalized spacial score (nSPS) is 16.7. The lowest BCUT2D eigenvalue weighted by Gasteiger charge is -2.31. The van der Waals surface area contributed by atoms with Crippen LogP contribution in [0.2, 0.25) is 0 Å². The molecular weight excluding hydrogens is 516 g/mol. The highest BCUT2D eigenvalue weighted by Gasteiger charge is 2.44. The summed E-state index contributed by atoms with van der Waals surface area (Å²) in [6.45, 7) is 5.99. The number of hydrogen-bond acceptors (Lipinski definition) is 8. The first-order chi connectivity index (χ1) is 18.7. The summed E-state index contributed by atoms with van der Waals surface area (Å²) in [6.07, 6.45) is 2.67. The average Bonchev–Trinajstić information content (AvgIpc) is 3.50. The molecule has 5 rings (SSSR count). The number of aromatic nitrogens is 2. The third-order valence-corrected chi connectivity index (χ3v) is 10.4. The van der Waals surface area contributed by atoms with Gasteiger partial charge in [0.25, 0.3) is 0 Å². The molecule has 2 heterocycles. The lowest BCUT2D eigenvalue weighted by Crippen LogP contribution is -2.39. The van der Waals surface area contributed by atoms with Gasteiger partial charge >= 0.3 is 6.09 Å². The van der Waals surface area contributed by atoms with Crippen LogP contribution in [0.3, 0.4) is 0 Å². The molecule has 206 valence electrons. The number of nitrogens with zero attached hydrogens (tertiary/aromatic N) is 3. The summed E-state index contributed by atoms with van der Waals surface area (Å²) in [5.41, 5.74) is 1.74. The van der Waals surface area contributed by atoms with Crippen molar-refractivity contribution < 1.29 is 22.7 Å². The molecule has 0 atom stereocenters. The van der Waals surface area contributed by atoms with Crippen molar-refractivity contribution >= 4 is 27.4 Å². The number of para-hydroxylation sites is 1. The lowest BCUT2D eigenvalue weighted by atomic mass is 10.1. The Morgan fingerprint density at radius 2 is 1.67 bits per heavy atom. The molecule has 1 saturated heterocycles. The highest BCUT2D eigenvalue weighted by atomic mass is 32.2. The number of hydrogen-bond donors (Lipinski definition) is 1. The van der Waals surface area contributed by atoms with E-state index < -0.39 is 20.7 Å². The van der Waals surface area contributed by atoms with Crippen molar-refractivity contribution in [2.24, 2.45) is 0 Å². The minimum atomic E-state index is -3.48. The van der Waals surface area contributed by atoms with Gasteiger partial charge in [0.2, 0.25) is 0 Å². The summed E-state index contributed by atoms with van der Waals surface area (Å²) in [4.78, 5) is 24.0. The summed E-state index contributed by atoms with van der Waals surface area (Å²) in [5.74, 6) is 1.56. The minimum Gasteiger partial charge on any atom is -0.410 e. The highest BCUT2D eigenvalue weighted by Crippen LogP contribution is 2.39. The van der Waals surface area contributed by atoms with Crippen LogP contribution in [0.5, 0.6) is 5.75 Å². The first-order valence-corrected chi connectivity index (χ1v) is 14.9. The molecule has 0 spiro atoms. The number of morpholine rings is 1. The third kappa shape index (κ3) is 5.91. The Morgan fingerprint density at radius 3 is 2.33 bits per heavy atom. The van der Waals surface area contributed by atoms with Gasteiger partial charge in [-0.3, -0.25) is 5.32 Å². The van der Waals surface area contributed by atoms with Crippen LogP contribution in [-0.2, 0) is 19.3 Å². The Morgan fingerprint density at radius 1 is 1.00 bits per heavy atom. The average molecular weight is 551 g/mol. The first-order valence-electron chi connectivity index (χ1n) is 13.3. The zero-order chi connectivity index (χ0) is 27.5. The highest BCUT2D eigenvalue weighted by molar-refractivity contribution is 7.92. The fourth-order valence-corrected chi connectivity index (χ4v) is 7.21. The maximum Gasteiger partial charge on any atom is 0.417 e. The van der Waals surface area contributed by atoms with Crippen molar-refractivity contribution in [2.45, 2.75) is 49.5 Å². The van der Waals surface area contributed by atoms with E-state index in [4.69, 9.17) is 19.4 Å². The molecule has 1 aliphatic heterocycles. The molecule has 1 N–H and O–H groups in total. The Bertz CT molecular complexity index is 1400. The van der Waals surface area contributed by atoms with E-state index in [1.807, 2.05) is 12.1 Å². The van der Waals surface area contributed by atoms with Gasteiger partial charge in [-0.25, -0.2) is 23.2 Å². The van der Waals surface area contributed by atoms with Gasteiger partial charge in [-0.1, -0.05) is 31.0 Å². The maximum atomic E-state index is 13.7. The molecular formula is C29H34N4O5S. The van der Waals surface area contributed by atoms with Crippen LogP contribution in [0.1, 0.15) is 45.2 Å². The Balaban J connectivity index is 1.44. The van der Waals surface area contributed by atoms with Gasteiger partial charge in [0, 0.05) is 30.4 Å². The standard InChI is InChI=1S/C29H34N4O5S/c1-29(2,39(35,36)24-10-6-7-11-24)25-20-26(33-16-18-37-19-17-33)32-27(31-25)21-12-14-22(15-13-21)30-28(34)38-23-8-4-3-5-9-23/h3-5,8-9,12-15,20,24H,6-7,10-11,16-19H2,1-2H3,(H,30,34). The summed E-state index contributed by atoms with van der Waals surface area (Å²) in [7, 11) is -3.48. The van der Waals surface area contributed by atoms with Crippen LogP contribution >= 0.6 is 0 Å². The molecule has 39 heavy (non-hydrogen) atoms. The number of amides is 1. The predicted molar refractivity (Wildman–Crippen MR) is 151 cm³/mol. The fraction of sp³-hybridized carbons (Fsp3) is 0.414. The lowest BCUT2D eigenvalue weighted by molar-refractivity contribution is 0.122. The molecule has 1 amide bonds. The molecule has 2 fully saturated rings. The molecule has 3 aromatic rings. The van der Waals surface area contributed by atoms with Crippen LogP contribution < -0.4 is 15.0 Å². The van der Waals surface area contributed by atoms with E-state index in [1.165, 1.54) is 0 Å². The van der Waals surface area contributed by atoms with Crippen molar-refractivity contribution in [1.29, 1.82) is 0 Å². The van der Waals surface area contributed by atoms with Gasteiger partial charge < -0.3 is 14.4 Å². The Kier molecular flexibility index (Phi) is 7.86. The van der Waals surface area contributed by atoms with E-state index in [0.717, 1.165) is 12.8 Å². The fourth-order valence-electron chi connectivity index (χ4n) is 5.03. The van der Waals surface area contributed by atoms with Crippen molar-refractivity contribution in [1.82, 2.24) is 9.97 Å². The number of anilines is 2. The van der Waals surface area contributed by atoms with E-state index in [9.17, 15) is 13.2 Å². The Labute approximate surface area is 229 Å². The first kappa shape index (κ1) is 27.1. The molecule has 0 unspecified atom stereocenters. The zero-order valence-corrected chi connectivity index (χ0v) is 23.1. The number of ether oxygens (including phenoxy) is 2. The molecule has 0 radical (unpaired) electrons. The molecule has 0 bridgehead atoms. The number of nitrogens with one attached hydrogen (secondary N) is 1. The molecule has 1 aliphatic carbocycles. The number of rotatable bonds is 7. The van der Waals surface area contributed by atoms with E-state index in [0.29, 0.717) is 73.5 Å². The van der Waals surface area contributed by atoms with Crippen LogP contribution in [0.4, 0.5) is 16.3 Å². The second kappa shape index (κ2) is 11.3. The van der Waals surface area contributed by atoms with Crippen molar-refractivity contribution in [3.63, 3.8) is 0 Å². The molecule has 9 nitrogen and oxygen atoms in total. The monoisotopic (exact) mass is 550 g/mol. The molecule has 2 aromatic carbocycles. The quantitative estimate of drug-likeness (QED) is 0.428. The second-order valence-corrected chi connectivity index (χ2v) is 13.2. The van der Waals surface area contributed by atoms with Crippen molar-refractivity contribution in [3.8, 4) is 17.1 Å². The van der Waals surface area contributed by atoms with E-state index in [-0.39, 0.29) is 5.25 Å². The number of benzene rings is 2. The second-order valence-electron chi connectivity index (χ2n) is 10.4. The van der Waals surface area contributed by atoms with Gasteiger partial charge in [-0.05, 0) is 63.1 Å². The zero-order valence-electron chi connectivity index (χ0n) is 22.3. The summed E-state index contributed by atoms with van der Waals surface area (Å²) < 4.78 is 37.1. The summed E-state index contributed by atoms with van der Waals surface area (Å²) >= 11 is 0. The van der Waals surface area contributed by atoms with E-state index >= 15 is 0 Å². The van der Waals surface area contributed by atoms with E-state index in [1.54, 1.807) is 62.4 Å². The molecule has 1 aromatic heterocycles. The summed E-state index contributed by atoms with van der Waals surface area (Å²) in [6, 6.07) is 17.7. The Hall–Kier alpha value is -3.50. The van der Waals surface area contributed by atoms with Crippen LogP contribution in [0.25, 0.3) is 11.4 Å². The third-order valence-electron chi connectivity index (χ3n) is 7.46. The van der Waals surface area contributed by atoms with Gasteiger partial charge in [0.1, 0.15) is 16.3 Å². The number of carbonyl (C=O) groups excluding carboxylic acids is 1. The van der Waals surface area contributed by atoms with Gasteiger partial charge in [0.15, 0.2) is 15.7 Å². The SMILES string of the molecule is CC(C)(c1cc(N2CCOCC2)nc(-c2ccc(NC(=O)Oc3ccccc3)cc2)n1)S(=O)(=O)C1CCCC1. The number of carbonyl (C=O) groups is 1. The largest absolute Gasteiger partial charge is 0.417 e. The molecule has 1 saturated carbocycles. The van der Waals surface area contributed by atoms with Crippen LogP contribution in [0, 0.1) is 0 Å². The number of sulfone groups is 1. The minimum absolute atomic E-state index is 0.348. The van der Waals surface area contributed by atoms with Crippen molar-refractivity contribution in [2.75, 3.05) is 36.5 Å². The predicted octanol–water partition coefficient (Wildman–Crippen LogP) is 5.18. The molecule has 10 heteroatoms.